The SMILES string of the molecule is CC1CCN(CCCCN2CC(CCl)CC2=O)CC1. The Bertz CT molecular complexity index is 290. The van der Waals surface area contributed by atoms with E-state index in [1.165, 1.54) is 38.9 Å². The van der Waals surface area contributed by atoms with Crippen LogP contribution in [-0.2, 0) is 4.79 Å². The second-order valence-electron chi connectivity index (χ2n) is 6.30. The van der Waals surface area contributed by atoms with Crippen molar-refractivity contribution < 1.29 is 4.79 Å². The van der Waals surface area contributed by atoms with Crippen LogP contribution in [0.4, 0.5) is 0 Å². The number of carbonyl (C=O) groups is 1. The summed E-state index contributed by atoms with van der Waals surface area (Å²) in [5.41, 5.74) is 0. The quantitative estimate of drug-likeness (QED) is 0.553. The highest BCUT2D eigenvalue weighted by atomic mass is 35.5. The Hall–Kier alpha value is -0.280. The smallest absolute Gasteiger partial charge is 0.222 e. The van der Waals surface area contributed by atoms with Crippen molar-refractivity contribution in [3.63, 3.8) is 0 Å². The molecule has 1 amide bonds. The third-order valence-corrected chi connectivity index (χ3v) is 4.98. The van der Waals surface area contributed by atoms with Crippen LogP contribution in [0.25, 0.3) is 0 Å². The van der Waals surface area contributed by atoms with E-state index in [1.807, 2.05) is 4.90 Å². The van der Waals surface area contributed by atoms with Crippen molar-refractivity contribution in [1.82, 2.24) is 9.80 Å². The molecule has 0 aromatic heterocycles. The first-order valence-corrected chi connectivity index (χ1v) is 8.28. The van der Waals surface area contributed by atoms with Crippen LogP contribution < -0.4 is 0 Å². The first-order chi connectivity index (χ1) is 9.19. The van der Waals surface area contributed by atoms with Gasteiger partial charge in [-0.3, -0.25) is 4.79 Å². The third kappa shape index (κ3) is 4.64. The molecule has 19 heavy (non-hydrogen) atoms. The van der Waals surface area contributed by atoms with Crippen molar-refractivity contribution >= 4 is 17.5 Å². The Morgan fingerprint density at radius 2 is 1.89 bits per heavy atom. The molecule has 0 spiro atoms. The summed E-state index contributed by atoms with van der Waals surface area (Å²) in [6.45, 7) is 7.88. The van der Waals surface area contributed by atoms with E-state index in [2.05, 4.69) is 11.8 Å². The highest BCUT2D eigenvalue weighted by Gasteiger charge is 2.28. The van der Waals surface area contributed by atoms with Crippen LogP contribution in [0.5, 0.6) is 0 Å². The summed E-state index contributed by atoms with van der Waals surface area (Å²) in [6, 6.07) is 0. The van der Waals surface area contributed by atoms with Gasteiger partial charge in [0.2, 0.25) is 5.91 Å². The van der Waals surface area contributed by atoms with Gasteiger partial charge in [-0.2, -0.15) is 0 Å². The minimum Gasteiger partial charge on any atom is -0.342 e. The predicted octanol–water partition coefficient (Wildman–Crippen LogP) is 2.59. The summed E-state index contributed by atoms with van der Waals surface area (Å²) in [7, 11) is 0. The van der Waals surface area contributed by atoms with Gasteiger partial charge in [-0.05, 0) is 57.2 Å². The van der Waals surface area contributed by atoms with E-state index in [-0.39, 0.29) is 0 Å². The summed E-state index contributed by atoms with van der Waals surface area (Å²) in [6.07, 6.45) is 5.70. The lowest BCUT2D eigenvalue weighted by molar-refractivity contribution is -0.127. The monoisotopic (exact) mass is 286 g/mol. The van der Waals surface area contributed by atoms with Gasteiger partial charge in [-0.1, -0.05) is 6.92 Å². The molecule has 0 bridgehead atoms. The lowest BCUT2D eigenvalue weighted by Gasteiger charge is -2.30. The minimum absolute atomic E-state index is 0.303. The lowest BCUT2D eigenvalue weighted by Crippen LogP contribution is -2.34. The van der Waals surface area contributed by atoms with Gasteiger partial charge < -0.3 is 9.80 Å². The van der Waals surface area contributed by atoms with Gasteiger partial charge in [0.1, 0.15) is 0 Å². The van der Waals surface area contributed by atoms with Crippen LogP contribution in [0.1, 0.15) is 39.0 Å². The van der Waals surface area contributed by atoms with Gasteiger partial charge >= 0.3 is 0 Å². The summed E-state index contributed by atoms with van der Waals surface area (Å²) in [5.74, 6) is 2.22. The Balaban J connectivity index is 1.56. The molecule has 1 unspecified atom stereocenters. The summed E-state index contributed by atoms with van der Waals surface area (Å²) in [4.78, 5) is 16.3. The molecule has 3 nitrogen and oxygen atoms in total. The van der Waals surface area contributed by atoms with Crippen molar-refractivity contribution in [1.29, 1.82) is 0 Å². The number of likely N-dealkylation sites (tertiary alicyclic amines) is 2. The van der Waals surface area contributed by atoms with E-state index in [1.54, 1.807) is 0 Å². The third-order valence-electron chi connectivity index (χ3n) is 4.54. The molecule has 2 aliphatic rings. The molecule has 0 saturated carbocycles. The average Bonchev–Trinajstić information content (AvgIpc) is 2.77. The minimum atomic E-state index is 0.303. The molecular weight excluding hydrogens is 260 g/mol. The topological polar surface area (TPSA) is 23.6 Å². The van der Waals surface area contributed by atoms with Crippen LogP contribution in [-0.4, -0.2) is 54.3 Å². The number of hydrogen-bond acceptors (Lipinski definition) is 2. The van der Waals surface area contributed by atoms with Crippen molar-refractivity contribution in [3.05, 3.63) is 0 Å². The van der Waals surface area contributed by atoms with Gasteiger partial charge in [0.15, 0.2) is 0 Å². The van der Waals surface area contributed by atoms with E-state index < -0.39 is 0 Å². The van der Waals surface area contributed by atoms with E-state index in [9.17, 15) is 4.79 Å². The van der Waals surface area contributed by atoms with Crippen molar-refractivity contribution in [2.75, 3.05) is 38.6 Å². The van der Waals surface area contributed by atoms with Gasteiger partial charge in [0.25, 0.3) is 0 Å². The molecule has 0 aromatic rings. The van der Waals surface area contributed by atoms with Crippen molar-refractivity contribution in [3.8, 4) is 0 Å². The van der Waals surface area contributed by atoms with Gasteiger partial charge in [-0.25, -0.2) is 0 Å². The zero-order chi connectivity index (χ0) is 13.7. The summed E-state index contributed by atoms with van der Waals surface area (Å²) in [5, 5.41) is 0. The first kappa shape index (κ1) is 15.1. The number of piperidine rings is 1. The van der Waals surface area contributed by atoms with Crippen LogP contribution >= 0.6 is 11.6 Å². The van der Waals surface area contributed by atoms with Gasteiger partial charge in [-0.15, -0.1) is 11.6 Å². The number of halogens is 1. The van der Waals surface area contributed by atoms with E-state index in [4.69, 9.17) is 11.6 Å². The van der Waals surface area contributed by atoms with Crippen LogP contribution in [0, 0.1) is 11.8 Å². The van der Waals surface area contributed by atoms with Gasteiger partial charge in [0, 0.05) is 25.4 Å². The molecule has 0 aliphatic carbocycles. The van der Waals surface area contributed by atoms with Crippen molar-refractivity contribution in [2.45, 2.75) is 39.0 Å². The van der Waals surface area contributed by atoms with E-state index in [0.717, 1.165) is 25.4 Å². The number of hydrogen-bond donors (Lipinski definition) is 0. The van der Waals surface area contributed by atoms with Crippen LogP contribution in [0.15, 0.2) is 0 Å². The Morgan fingerprint density at radius 3 is 2.53 bits per heavy atom. The maximum atomic E-state index is 11.7. The Morgan fingerprint density at radius 1 is 1.21 bits per heavy atom. The number of carbonyl (C=O) groups excluding carboxylic acids is 1. The van der Waals surface area contributed by atoms with E-state index >= 15 is 0 Å². The van der Waals surface area contributed by atoms with Crippen LogP contribution in [0.2, 0.25) is 0 Å². The fourth-order valence-corrected chi connectivity index (χ4v) is 3.30. The molecule has 110 valence electrons. The molecule has 2 rings (SSSR count). The lowest BCUT2D eigenvalue weighted by atomic mass is 9.99. The number of amides is 1. The normalized spacial score (nSPS) is 26.3. The zero-order valence-electron chi connectivity index (χ0n) is 12.1. The van der Waals surface area contributed by atoms with E-state index in [0.29, 0.717) is 24.1 Å². The Labute approximate surface area is 122 Å². The number of nitrogens with zero attached hydrogens (tertiary/aromatic N) is 2. The molecule has 2 fully saturated rings. The Kier molecular flexibility index (Phi) is 5.96. The molecule has 2 heterocycles. The maximum Gasteiger partial charge on any atom is 0.222 e. The highest BCUT2D eigenvalue weighted by molar-refractivity contribution is 6.18. The predicted molar refractivity (Wildman–Crippen MR) is 79.5 cm³/mol. The molecule has 0 N–H and O–H groups in total. The number of alkyl halides is 1. The summed E-state index contributed by atoms with van der Waals surface area (Å²) < 4.78 is 0. The second kappa shape index (κ2) is 7.49. The zero-order valence-corrected chi connectivity index (χ0v) is 12.9. The van der Waals surface area contributed by atoms with Crippen LogP contribution in [0.3, 0.4) is 0 Å². The molecule has 4 heteroatoms. The number of unbranched alkanes of at least 4 members (excludes halogenated alkanes) is 1. The fourth-order valence-electron chi connectivity index (χ4n) is 3.10. The second-order valence-corrected chi connectivity index (χ2v) is 6.60. The molecule has 0 aromatic carbocycles. The molecule has 0 radical (unpaired) electrons. The summed E-state index contributed by atoms with van der Waals surface area (Å²) >= 11 is 5.83. The average molecular weight is 287 g/mol. The molecular formula is C15H27ClN2O. The maximum absolute atomic E-state index is 11.7. The van der Waals surface area contributed by atoms with Gasteiger partial charge in [0.05, 0.1) is 0 Å². The standard InChI is InChI=1S/C15H27ClN2O/c1-13-4-8-17(9-5-13)6-2-3-7-18-12-14(11-16)10-15(18)19/h13-14H,2-12H2,1H3. The van der Waals surface area contributed by atoms with Crippen molar-refractivity contribution in [2.24, 2.45) is 11.8 Å². The first-order valence-electron chi connectivity index (χ1n) is 7.75. The highest BCUT2D eigenvalue weighted by Crippen LogP contribution is 2.20. The fraction of sp³-hybridized carbons (Fsp3) is 0.933. The molecule has 2 aliphatic heterocycles. The molecule has 2 saturated heterocycles. The largest absolute Gasteiger partial charge is 0.342 e. The number of rotatable bonds is 6. The molecule has 1 atom stereocenters.